The van der Waals surface area contributed by atoms with Gasteiger partial charge >= 0.3 is 0 Å². The van der Waals surface area contributed by atoms with Crippen molar-refractivity contribution < 1.29 is 0 Å². The molecule has 0 heterocycles. The third-order valence-electron chi connectivity index (χ3n) is 8.03. The maximum absolute atomic E-state index is 2.63. The quantitative estimate of drug-likeness (QED) is 0.0882. The molecule has 180 valence electrons. The van der Waals surface area contributed by atoms with Crippen molar-refractivity contribution in [2.24, 2.45) is 23.7 Å². The van der Waals surface area contributed by atoms with Crippen LogP contribution in [0.2, 0.25) is 0 Å². The molecule has 0 aromatic carbocycles. The normalized spacial score (nSPS) is 22.7. The third-order valence-corrected chi connectivity index (χ3v) is 9.54. The van der Waals surface area contributed by atoms with Gasteiger partial charge in [-0.15, -0.1) is 0 Å². The molecule has 1 heteroatoms. The summed E-state index contributed by atoms with van der Waals surface area (Å²) >= 11 is 2.63. The lowest BCUT2D eigenvalue weighted by Crippen LogP contribution is -2.17. The molecule has 0 radical (unpaired) electrons. The minimum atomic E-state index is 0.912. The molecule has 0 N–H and O–H groups in total. The van der Waals surface area contributed by atoms with Gasteiger partial charge in [0, 0.05) is 3.92 Å². The van der Waals surface area contributed by atoms with E-state index < -0.39 is 0 Å². The van der Waals surface area contributed by atoms with E-state index in [-0.39, 0.29) is 0 Å². The van der Waals surface area contributed by atoms with Gasteiger partial charge in [-0.2, -0.15) is 0 Å². The predicted octanol–water partition coefficient (Wildman–Crippen LogP) is 11.1. The second-order valence-electron chi connectivity index (χ2n) is 10.9. The van der Waals surface area contributed by atoms with Crippen LogP contribution < -0.4 is 0 Å². The lowest BCUT2D eigenvalue weighted by molar-refractivity contribution is 0.224. The summed E-state index contributed by atoms with van der Waals surface area (Å²) < 4.78 is 0.912. The summed E-state index contributed by atoms with van der Waals surface area (Å²) in [7, 11) is 0. The molecular weight excluding hydrogens is 475 g/mol. The second kappa shape index (κ2) is 19.2. The molecule has 0 aromatic heterocycles. The molecule has 1 saturated carbocycles. The van der Waals surface area contributed by atoms with Gasteiger partial charge in [0.15, 0.2) is 0 Å². The van der Waals surface area contributed by atoms with E-state index in [1.165, 1.54) is 122 Å². The molecule has 0 aliphatic heterocycles. The fraction of sp³-hybridized carbons (Fsp3) is 1.00. The van der Waals surface area contributed by atoms with Crippen molar-refractivity contribution in [3.05, 3.63) is 0 Å². The largest absolute Gasteiger partial charge is 0.0826 e. The molecule has 1 rings (SSSR count). The molecule has 0 amide bonds. The Bertz CT molecular complexity index is 365. The number of rotatable bonds is 19. The number of unbranched alkanes of at least 4 members (excludes halogenated alkanes) is 5. The average molecular weight is 533 g/mol. The minimum Gasteiger partial charge on any atom is -0.0826 e. The Balaban J connectivity index is 2.09. The molecular formula is C29H57I. The first-order valence-electron chi connectivity index (χ1n) is 14.2. The summed E-state index contributed by atoms with van der Waals surface area (Å²) in [4.78, 5) is 0. The Morgan fingerprint density at radius 1 is 0.700 bits per heavy atom. The van der Waals surface area contributed by atoms with E-state index >= 15 is 0 Å². The van der Waals surface area contributed by atoms with Crippen molar-refractivity contribution in [2.45, 2.75) is 160 Å². The van der Waals surface area contributed by atoms with Gasteiger partial charge < -0.3 is 0 Å². The summed E-state index contributed by atoms with van der Waals surface area (Å²) in [6.45, 7) is 9.63. The van der Waals surface area contributed by atoms with E-state index in [0.717, 1.165) is 27.6 Å². The van der Waals surface area contributed by atoms with Crippen molar-refractivity contribution in [1.29, 1.82) is 0 Å². The van der Waals surface area contributed by atoms with E-state index in [2.05, 4.69) is 50.3 Å². The molecule has 0 spiro atoms. The first-order valence-corrected chi connectivity index (χ1v) is 15.5. The van der Waals surface area contributed by atoms with Gasteiger partial charge in [-0.05, 0) is 49.4 Å². The Morgan fingerprint density at radius 2 is 1.30 bits per heavy atom. The zero-order valence-electron chi connectivity index (χ0n) is 21.4. The molecule has 1 aliphatic carbocycles. The van der Waals surface area contributed by atoms with Gasteiger partial charge in [0.05, 0.1) is 0 Å². The van der Waals surface area contributed by atoms with Crippen LogP contribution in [0.3, 0.4) is 0 Å². The van der Waals surface area contributed by atoms with E-state index in [4.69, 9.17) is 0 Å². The number of hydrogen-bond donors (Lipinski definition) is 0. The maximum Gasteiger partial charge on any atom is 0.0107 e. The number of halogens is 1. The standard InChI is InChI=1S/C29H57I/c1-5-16-27(24-28-21-15-17-25(4)23-28)20-14-13-19-26(6-2)18-11-9-8-10-12-22-29(30)7-3/h25-29H,5-24H2,1-4H3. The molecule has 1 fully saturated rings. The molecule has 0 bridgehead atoms. The Labute approximate surface area is 205 Å². The van der Waals surface area contributed by atoms with Gasteiger partial charge in [-0.25, -0.2) is 0 Å². The van der Waals surface area contributed by atoms with Crippen LogP contribution in [0.5, 0.6) is 0 Å². The minimum absolute atomic E-state index is 0.912. The molecule has 0 nitrogen and oxygen atoms in total. The summed E-state index contributed by atoms with van der Waals surface area (Å²) in [5.74, 6) is 4.09. The summed E-state index contributed by atoms with van der Waals surface area (Å²) in [6, 6.07) is 0. The average Bonchev–Trinajstić information content (AvgIpc) is 2.74. The van der Waals surface area contributed by atoms with Gasteiger partial charge in [0.1, 0.15) is 0 Å². The van der Waals surface area contributed by atoms with Gasteiger partial charge in [0.25, 0.3) is 0 Å². The van der Waals surface area contributed by atoms with Crippen LogP contribution in [-0.2, 0) is 0 Å². The van der Waals surface area contributed by atoms with Gasteiger partial charge in [-0.3, -0.25) is 0 Å². The zero-order chi connectivity index (χ0) is 22.0. The van der Waals surface area contributed by atoms with Gasteiger partial charge in [0.2, 0.25) is 0 Å². The SMILES string of the molecule is CCCC(CCCCC(CC)CCCCCCCC(I)CC)CC1CCCC(C)C1. The van der Waals surface area contributed by atoms with Gasteiger partial charge in [-0.1, -0.05) is 153 Å². The molecule has 5 atom stereocenters. The zero-order valence-corrected chi connectivity index (χ0v) is 23.6. The molecule has 30 heavy (non-hydrogen) atoms. The van der Waals surface area contributed by atoms with E-state index in [9.17, 15) is 0 Å². The van der Waals surface area contributed by atoms with Crippen LogP contribution in [0.15, 0.2) is 0 Å². The molecule has 0 saturated heterocycles. The highest BCUT2D eigenvalue weighted by atomic mass is 127. The first kappa shape index (κ1) is 28.8. The van der Waals surface area contributed by atoms with Crippen LogP contribution in [-0.4, -0.2) is 3.92 Å². The highest BCUT2D eigenvalue weighted by Crippen LogP contribution is 2.35. The van der Waals surface area contributed by atoms with E-state index in [1.54, 1.807) is 6.42 Å². The number of alkyl halides is 1. The van der Waals surface area contributed by atoms with Crippen LogP contribution in [0, 0.1) is 23.7 Å². The lowest BCUT2D eigenvalue weighted by Gasteiger charge is -2.30. The Kier molecular flexibility index (Phi) is 18.4. The molecule has 5 unspecified atom stereocenters. The Morgan fingerprint density at radius 3 is 1.90 bits per heavy atom. The Hall–Kier alpha value is 0.730. The van der Waals surface area contributed by atoms with Crippen molar-refractivity contribution in [3.63, 3.8) is 0 Å². The fourth-order valence-corrected chi connectivity index (χ4v) is 6.43. The highest BCUT2D eigenvalue weighted by molar-refractivity contribution is 14.1. The highest BCUT2D eigenvalue weighted by Gasteiger charge is 2.22. The predicted molar refractivity (Wildman–Crippen MR) is 147 cm³/mol. The smallest absolute Gasteiger partial charge is 0.0107 e. The molecule has 1 aliphatic rings. The lowest BCUT2D eigenvalue weighted by atomic mass is 9.76. The van der Waals surface area contributed by atoms with Crippen molar-refractivity contribution in [2.75, 3.05) is 0 Å². The fourth-order valence-electron chi connectivity index (χ4n) is 5.99. The van der Waals surface area contributed by atoms with Crippen LogP contribution >= 0.6 is 22.6 Å². The van der Waals surface area contributed by atoms with Crippen molar-refractivity contribution in [1.82, 2.24) is 0 Å². The third kappa shape index (κ3) is 14.7. The monoisotopic (exact) mass is 532 g/mol. The van der Waals surface area contributed by atoms with Crippen molar-refractivity contribution >= 4 is 22.6 Å². The van der Waals surface area contributed by atoms with E-state index in [1.807, 2.05) is 0 Å². The summed E-state index contributed by atoms with van der Waals surface area (Å²) in [5, 5.41) is 0. The second-order valence-corrected chi connectivity index (χ2v) is 12.7. The van der Waals surface area contributed by atoms with Crippen LogP contribution in [0.25, 0.3) is 0 Å². The topological polar surface area (TPSA) is 0 Å². The number of hydrogen-bond acceptors (Lipinski definition) is 0. The first-order chi connectivity index (χ1) is 14.6. The van der Waals surface area contributed by atoms with E-state index in [0.29, 0.717) is 0 Å². The molecule has 0 aromatic rings. The van der Waals surface area contributed by atoms with Crippen LogP contribution in [0.4, 0.5) is 0 Å². The van der Waals surface area contributed by atoms with Crippen LogP contribution in [0.1, 0.15) is 156 Å². The summed E-state index contributed by atoms with van der Waals surface area (Å²) in [6.07, 6.45) is 29.5. The van der Waals surface area contributed by atoms with Crippen molar-refractivity contribution in [3.8, 4) is 0 Å². The summed E-state index contributed by atoms with van der Waals surface area (Å²) in [5.41, 5.74) is 0. The maximum atomic E-state index is 2.63.